The summed E-state index contributed by atoms with van der Waals surface area (Å²) in [4.78, 5) is 2.17. The van der Waals surface area contributed by atoms with Crippen molar-refractivity contribution < 1.29 is 9.53 Å². The van der Waals surface area contributed by atoms with Crippen molar-refractivity contribution in [3.8, 4) is 0 Å². The summed E-state index contributed by atoms with van der Waals surface area (Å²) in [7, 11) is 2.31. The zero-order valence-corrected chi connectivity index (χ0v) is 16.7. The Kier molecular flexibility index (Phi) is 5.75. The minimum absolute atomic E-state index is 0.147. The quantitative estimate of drug-likeness (QED) is 0.608. The topological polar surface area (TPSA) is 32.7 Å². The van der Waals surface area contributed by atoms with Gasteiger partial charge in [-0.2, -0.15) is 0 Å². The van der Waals surface area contributed by atoms with Crippen molar-refractivity contribution in [3.63, 3.8) is 0 Å². The van der Waals surface area contributed by atoms with Gasteiger partial charge in [0.2, 0.25) is 8.32 Å². The molecule has 0 saturated heterocycles. The molecule has 22 heavy (non-hydrogen) atoms. The summed E-state index contributed by atoms with van der Waals surface area (Å²) >= 11 is 0. The second-order valence-corrected chi connectivity index (χ2v) is 13.3. The number of allylic oxidation sites excluding steroid dienone is 1. The molecule has 0 aromatic rings. The lowest BCUT2D eigenvalue weighted by molar-refractivity contribution is 0.00861. The predicted octanol–water partition coefficient (Wildman–Crippen LogP) is 4.17. The van der Waals surface area contributed by atoms with Crippen LogP contribution in [0.5, 0.6) is 0 Å². The van der Waals surface area contributed by atoms with Gasteiger partial charge in [-0.1, -0.05) is 33.8 Å². The van der Waals surface area contributed by atoms with E-state index in [1.54, 1.807) is 6.08 Å². The molecule has 1 rings (SSSR count). The molecule has 1 N–H and O–H groups in total. The van der Waals surface area contributed by atoms with Crippen LogP contribution in [0.3, 0.4) is 0 Å². The third kappa shape index (κ3) is 3.84. The van der Waals surface area contributed by atoms with Crippen LogP contribution in [0.1, 0.15) is 40.5 Å². The molecule has 0 amide bonds. The summed E-state index contributed by atoms with van der Waals surface area (Å²) < 4.78 is 6.50. The van der Waals surface area contributed by atoms with Crippen LogP contribution in [-0.4, -0.2) is 44.6 Å². The first-order chi connectivity index (χ1) is 9.85. The van der Waals surface area contributed by atoms with Gasteiger partial charge in [0, 0.05) is 17.9 Å². The van der Waals surface area contributed by atoms with Gasteiger partial charge in [-0.15, -0.1) is 6.58 Å². The Bertz CT molecular complexity index is 437. The lowest BCUT2D eigenvalue weighted by Gasteiger charge is -2.47. The molecule has 0 heterocycles. The minimum atomic E-state index is -1.81. The number of aliphatic hydroxyl groups excluding tert-OH is 1. The lowest BCUT2D eigenvalue weighted by atomic mass is 9.70. The highest BCUT2D eigenvalue weighted by molar-refractivity contribution is 6.74. The molecular weight excluding hydrogens is 290 g/mol. The summed E-state index contributed by atoms with van der Waals surface area (Å²) in [6, 6.07) is 0.147. The molecule has 4 heteroatoms. The highest BCUT2D eigenvalue weighted by Crippen LogP contribution is 2.44. The first kappa shape index (κ1) is 19.5. The second-order valence-electron chi connectivity index (χ2n) is 8.59. The SMILES string of the molecule is C=C[C@@H](O)[C@@]1(C)CCC(O[Si](C)(C)C(C)(C)C)=C[C@H]1N(C)C. The standard InChI is InChI=1S/C18H35NO2Si/c1-10-16(20)18(5)12-11-14(13-15(18)19(6)7)21-22(8,9)17(2,3)4/h10,13,15-16,20H,1,11-12H2,2-9H3/t15-,16-,18+/m1/s1. The molecule has 0 saturated carbocycles. The molecule has 0 bridgehead atoms. The van der Waals surface area contributed by atoms with Gasteiger partial charge in [-0.3, -0.25) is 0 Å². The highest BCUT2D eigenvalue weighted by Gasteiger charge is 2.45. The van der Waals surface area contributed by atoms with E-state index < -0.39 is 14.4 Å². The Hall–Kier alpha value is -0.583. The largest absolute Gasteiger partial charge is 0.547 e. The van der Waals surface area contributed by atoms with E-state index in [2.05, 4.69) is 72.4 Å². The zero-order chi connectivity index (χ0) is 17.3. The summed E-state index contributed by atoms with van der Waals surface area (Å²) in [5.41, 5.74) is -0.217. The highest BCUT2D eigenvalue weighted by atomic mass is 28.4. The average molecular weight is 326 g/mol. The molecule has 0 aromatic carbocycles. The first-order valence-electron chi connectivity index (χ1n) is 8.22. The number of aliphatic hydroxyl groups is 1. The Morgan fingerprint density at radius 3 is 2.41 bits per heavy atom. The molecule has 128 valence electrons. The smallest absolute Gasteiger partial charge is 0.250 e. The van der Waals surface area contributed by atoms with Crippen molar-refractivity contribution in [2.75, 3.05) is 14.1 Å². The van der Waals surface area contributed by atoms with E-state index in [9.17, 15) is 5.11 Å². The molecule has 3 nitrogen and oxygen atoms in total. The fourth-order valence-electron chi connectivity index (χ4n) is 2.89. The van der Waals surface area contributed by atoms with Crippen LogP contribution < -0.4 is 0 Å². The van der Waals surface area contributed by atoms with Crippen molar-refractivity contribution in [1.29, 1.82) is 0 Å². The van der Waals surface area contributed by atoms with E-state index in [4.69, 9.17) is 4.43 Å². The van der Waals surface area contributed by atoms with Gasteiger partial charge in [-0.25, -0.2) is 0 Å². The van der Waals surface area contributed by atoms with Crippen molar-refractivity contribution >= 4 is 8.32 Å². The van der Waals surface area contributed by atoms with Gasteiger partial charge >= 0.3 is 0 Å². The third-order valence-corrected chi connectivity index (χ3v) is 9.96. The van der Waals surface area contributed by atoms with Gasteiger partial charge in [0.15, 0.2) is 0 Å². The van der Waals surface area contributed by atoms with Crippen LogP contribution in [0.15, 0.2) is 24.5 Å². The molecule has 0 aromatic heterocycles. The van der Waals surface area contributed by atoms with Crippen molar-refractivity contribution in [3.05, 3.63) is 24.5 Å². The van der Waals surface area contributed by atoms with Crippen LogP contribution in [0.4, 0.5) is 0 Å². The predicted molar refractivity (Wildman–Crippen MR) is 97.4 cm³/mol. The van der Waals surface area contributed by atoms with E-state index in [-0.39, 0.29) is 16.5 Å². The van der Waals surface area contributed by atoms with Crippen LogP contribution in [0.25, 0.3) is 0 Å². The maximum atomic E-state index is 10.4. The zero-order valence-electron chi connectivity index (χ0n) is 15.7. The van der Waals surface area contributed by atoms with Gasteiger partial charge in [0.25, 0.3) is 0 Å². The molecule has 0 unspecified atom stereocenters. The maximum absolute atomic E-state index is 10.4. The van der Waals surface area contributed by atoms with E-state index in [1.807, 2.05) is 0 Å². The second kappa shape index (κ2) is 6.50. The molecule has 3 atom stereocenters. The first-order valence-corrected chi connectivity index (χ1v) is 11.1. The van der Waals surface area contributed by atoms with Crippen LogP contribution in [0, 0.1) is 5.41 Å². The summed E-state index contributed by atoms with van der Waals surface area (Å²) in [6.45, 7) is 17.3. The van der Waals surface area contributed by atoms with E-state index in [0.29, 0.717) is 0 Å². The average Bonchev–Trinajstić information content (AvgIpc) is 2.38. The van der Waals surface area contributed by atoms with Crippen LogP contribution in [-0.2, 0) is 4.43 Å². The van der Waals surface area contributed by atoms with Crippen LogP contribution in [0.2, 0.25) is 18.1 Å². The van der Waals surface area contributed by atoms with E-state index >= 15 is 0 Å². The number of rotatable bonds is 5. The number of hydrogen-bond donors (Lipinski definition) is 1. The number of hydrogen-bond acceptors (Lipinski definition) is 3. The third-order valence-electron chi connectivity index (χ3n) is 5.58. The van der Waals surface area contributed by atoms with E-state index in [0.717, 1.165) is 18.6 Å². The Balaban J connectivity index is 3.08. The fraction of sp³-hybridized carbons (Fsp3) is 0.778. The fourth-order valence-corrected chi connectivity index (χ4v) is 4.02. The molecular formula is C18H35NO2Si. The van der Waals surface area contributed by atoms with Gasteiger partial charge in [-0.05, 0) is 44.7 Å². The summed E-state index contributed by atoms with van der Waals surface area (Å²) in [5.74, 6) is 1.10. The monoisotopic (exact) mass is 325 g/mol. The van der Waals surface area contributed by atoms with Crippen molar-refractivity contribution in [2.24, 2.45) is 5.41 Å². The summed E-state index contributed by atoms with van der Waals surface area (Å²) in [5, 5.41) is 10.6. The lowest BCUT2D eigenvalue weighted by Crippen LogP contribution is -2.51. The van der Waals surface area contributed by atoms with Crippen molar-refractivity contribution in [1.82, 2.24) is 4.90 Å². The Morgan fingerprint density at radius 2 is 2.00 bits per heavy atom. The minimum Gasteiger partial charge on any atom is -0.547 e. The molecule has 0 spiro atoms. The van der Waals surface area contributed by atoms with Gasteiger partial charge in [0.05, 0.1) is 11.9 Å². The van der Waals surface area contributed by atoms with Crippen molar-refractivity contribution in [2.45, 2.75) is 70.8 Å². The molecule has 1 aliphatic rings. The molecule has 1 aliphatic carbocycles. The molecule has 0 radical (unpaired) electrons. The van der Waals surface area contributed by atoms with Gasteiger partial charge in [0.1, 0.15) is 0 Å². The molecule has 0 fully saturated rings. The summed E-state index contributed by atoms with van der Waals surface area (Å²) in [6.07, 6.45) is 5.16. The Morgan fingerprint density at radius 1 is 1.45 bits per heavy atom. The Labute approximate surface area is 138 Å². The normalized spacial score (nSPS) is 28.3. The number of nitrogens with zero attached hydrogens (tertiary/aromatic N) is 1. The van der Waals surface area contributed by atoms with Gasteiger partial charge < -0.3 is 14.4 Å². The maximum Gasteiger partial charge on any atom is 0.250 e. The number of likely N-dealkylation sites (N-methyl/N-ethyl adjacent to an activating group) is 1. The van der Waals surface area contributed by atoms with E-state index in [1.165, 1.54) is 0 Å². The van der Waals surface area contributed by atoms with Crippen LogP contribution >= 0.6 is 0 Å². The molecule has 0 aliphatic heterocycles.